The minimum atomic E-state index is -0.954. The topological polar surface area (TPSA) is 249 Å². The molecule has 8 N–H and O–H groups in total. The van der Waals surface area contributed by atoms with Crippen LogP contribution < -0.4 is 27.1 Å². The number of aliphatic carboxylic acids is 3. The minimum absolute atomic E-state index is 0.0618. The predicted molar refractivity (Wildman–Crippen MR) is 234 cm³/mol. The molecule has 6 rings (SSSR count). The highest BCUT2D eigenvalue weighted by Crippen LogP contribution is 2.36. The van der Waals surface area contributed by atoms with Gasteiger partial charge in [-0.1, -0.05) is 12.1 Å². The molecule has 2 aromatic rings. The van der Waals surface area contributed by atoms with Crippen molar-refractivity contribution in [3.63, 3.8) is 0 Å². The summed E-state index contributed by atoms with van der Waals surface area (Å²) in [6, 6.07) is 6.89. The number of rotatable bonds is 17. The Labute approximate surface area is 352 Å². The second-order valence-corrected chi connectivity index (χ2v) is 15.5. The normalized spacial score (nSPS) is 19.2. The molecular formula is C46H51N7O8. The molecule has 15 heteroatoms. The molecule has 0 fully saturated rings. The van der Waals surface area contributed by atoms with Gasteiger partial charge in [-0.25, -0.2) is 9.98 Å². The molecule has 5 heterocycles. The number of anilines is 1. The van der Waals surface area contributed by atoms with Crippen molar-refractivity contribution in [3.05, 3.63) is 109 Å². The monoisotopic (exact) mass is 829 g/mol. The van der Waals surface area contributed by atoms with Crippen molar-refractivity contribution in [2.24, 2.45) is 15.0 Å². The molecule has 0 aliphatic carbocycles. The summed E-state index contributed by atoms with van der Waals surface area (Å²) >= 11 is 0. The van der Waals surface area contributed by atoms with Gasteiger partial charge in [0, 0.05) is 48.6 Å². The third-order valence-corrected chi connectivity index (χ3v) is 11.4. The predicted octanol–water partition coefficient (Wildman–Crippen LogP) is 3.93. The molecule has 2 amide bonds. The number of H-pyrrole nitrogens is 1. The summed E-state index contributed by atoms with van der Waals surface area (Å²) in [6.45, 7) is 7.82. The van der Waals surface area contributed by atoms with Crippen molar-refractivity contribution in [2.75, 3.05) is 18.8 Å². The molecule has 0 saturated carbocycles. The third-order valence-electron chi connectivity index (χ3n) is 11.4. The van der Waals surface area contributed by atoms with Gasteiger partial charge < -0.3 is 36.7 Å². The van der Waals surface area contributed by atoms with Crippen LogP contribution in [0.5, 0.6) is 0 Å². The van der Waals surface area contributed by atoms with E-state index in [4.69, 9.17) is 20.7 Å². The lowest BCUT2D eigenvalue weighted by Crippen LogP contribution is -2.37. The number of nitrogens with two attached hydrogens (primary N) is 1. The van der Waals surface area contributed by atoms with Crippen molar-refractivity contribution < 1.29 is 39.3 Å². The van der Waals surface area contributed by atoms with E-state index in [2.05, 4.69) is 15.6 Å². The molecule has 61 heavy (non-hydrogen) atoms. The Morgan fingerprint density at radius 3 is 1.90 bits per heavy atom. The molecule has 1 aromatic heterocycles. The van der Waals surface area contributed by atoms with E-state index in [0.717, 1.165) is 50.1 Å². The van der Waals surface area contributed by atoms with Gasteiger partial charge >= 0.3 is 17.9 Å². The van der Waals surface area contributed by atoms with E-state index in [9.17, 15) is 39.3 Å². The highest BCUT2D eigenvalue weighted by molar-refractivity contribution is 6.24. The summed E-state index contributed by atoms with van der Waals surface area (Å²) in [5, 5.41) is 35.8. The lowest BCUT2D eigenvalue weighted by Gasteiger charge is -2.10. The average molecular weight is 830 g/mol. The molecule has 0 spiro atoms. The molecular weight excluding hydrogens is 779 g/mol. The summed E-state index contributed by atoms with van der Waals surface area (Å²) in [5.41, 5.74) is 16.7. The van der Waals surface area contributed by atoms with Gasteiger partial charge in [0.25, 0.3) is 0 Å². The number of carboxylic acid groups (broad SMARTS) is 3. The summed E-state index contributed by atoms with van der Waals surface area (Å²) in [6.07, 6.45) is 8.77. The van der Waals surface area contributed by atoms with Crippen molar-refractivity contribution in [3.8, 4) is 0 Å². The van der Waals surface area contributed by atoms with E-state index < -0.39 is 23.9 Å². The number of carbonyl (C=O) groups excluding carboxylic acids is 2. The van der Waals surface area contributed by atoms with Gasteiger partial charge in [-0.15, -0.1) is 0 Å². The van der Waals surface area contributed by atoms with Gasteiger partial charge in [0.2, 0.25) is 11.8 Å². The molecule has 1 unspecified atom stereocenters. The van der Waals surface area contributed by atoms with Crippen LogP contribution in [0.4, 0.5) is 5.69 Å². The minimum Gasteiger partial charge on any atom is -0.481 e. The largest absolute Gasteiger partial charge is 0.481 e. The summed E-state index contributed by atoms with van der Waals surface area (Å²) < 4.78 is 0. The number of hydrogen-bond donors (Lipinski definition) is 7. The SMILES string of the molecule is CC1=C(CCC(=O)O)/C2=C/C3=NC(=C\C4N=C(/C=c5\[nH]c(c(CCC(=O)O)c5C)=CC1=N2)C(CCC(=O)O)=C4C)/C(CCC(=O)NCC(=O)NCCc1ccc(N)cc1)=C3C. The number of carbonyl (C=O) groups is 5. The van der Waals surface area contributed by atoms with E-state index >= 15 is 0 Å². The van der Waals surface area contributed by atoms with Crippen LogP contribution in [0.3, 0.4) is 0 Å². The number of carboxylic acids is 3. The summed E-state index contributed by atoms with van der Waals surface area (Å²) in [7, 11) is 0. The molecule has 15 nitrogen and oxygen atoms in total. The zero-order chi connectivity index (χ0) is 44.0. The van der Waals surface area contributed by atoms with Crippen LogP contribution in [0.1, 0.15) is 82.4 Å². The molecule has 4 aliphatic rings. The highest BCUT2D eigenvalue weighted by atomic mass is 16.4. The van der Waals surface area contributed by atoms with Gasteiger partial charge in [0.05, 0.1) is 41.1 Å². The van der Waals surface area contributed by atoms with E-state index in [1.54, 1.807) is 12.1 Å². The third kappa shape index (κ3) is 10.7. The quantitative estimate of drug-likeness (QED) is 0.114. The molecule has 1 aromatic carbocycles. The van der Waals surface area contributed by atoms with Gasteiger partial charge in [-0.2, -0.15) is 0 Å². The van der Waals surface area contributed by atoms with E-state index in [-0.39, 0.29) is 69.7 Å². The Morgan fingerprint density at radius 1 is 0.656 bits per heavy atom. The van der Waals surface area contributed by atoms with Crippen LogP contribution in [0.15, 0.2) is 96.2 Å². The molecule has 0 saturated heterocycles. The zero-order valence-corrected chi connectivity index (χ0v) is 34.8. The van der Waals surface area contributed by atoms with Crippen molar-refractivity contribution >= 4 is 64.7 Å². The van der Waals surface area contributed by atoms with Crippen LogP contribution in [0.2, 0.25) is 0 Å². The lowest BCUT2D eigenvalue weighted by atomic mass is 9.95. The Kier molecular flexibility index (Phi) is 13.6. The first-order valence-corrected chi connectivity index (χ1v) is 20.3. The van der Waals surface area contributed by atoms with E-state index in [1.807, 2.05) is 64.1 Å². The number of aliphatic imine (C=N–C) groups is 3. The average Bonchev–Trinajstić information content (AvgIpc) is 3.87. The van der Waals surface area contributed by atoms with Crippen LogP contribution in [0.25, 0.3) is 12.2 Å². The standard InChI is InChI=1S/C46H51N7O8/c1-24-30(9-13-42(54)49-23-43(55)48-18-17-28-5-7-29(47)8-6-28)38-19-35-25(2)31(10-14-44(56)57)40(51-35)21-37-27(4)33(12-16-46(60)61)41(53-37)22-36-26(3)32(11-15-45(58)59)39(52-36)20-34(24)50-38/h5-8,19-22,35,53H,9-18,23,47H2,1-4H3,(H,48,55)(H,49,54)(H,56,57)(H,58,59)(H,60,61)/b37-21-,38-19-,39-20-,41-22?. The number of nitrogens with one attached hydrogen (secondary N) is 3. The number of hydrogen-bond acceptors (Lipinski definition) is 9. The second-order valence-electron chi connectivity index (χ2n) is 15.5. The van der Waals surface area contributed by atoms with Gasteiger partial charge in [0.1, 0.15) is 0 Å². The highest BCUT2D eigenvalue weighted by Gasteiger charge is 2.29. The van der Waals surface area contributed by atoms with Crippen molar-refractivity contribution in [1.82, 2.24) is 15.6 Å². The number of amides is 2. The first-order valence-electron chi connectivity index (χ1n) is 20.3. The fraction of sp³-hybridized carbons (Fsp3) is 0.348. The van der Waals surface area contributed by atoms with Crippen LogP contribution in [-0.4, -0.2) is 86.3 Å². The lowest BCUT2D eigenvalue weighted by molar-refractivity contribution is -0.138. The maximum absolute atomic E-state index is 13.2. The fourth-order valence-electron chi connectivity index (χ4n) is 7.86. The molecule has 0 radical (unpaired) electrons. The Balaban J connectivity index is 1.36. The van der Waals surface area contributed by atoms with Gasteiger partial charge in [-0.05, 0) is 146 Å². The second kappa shape index (κ2) is 19.0. The zero-order valence-electron chi connectivity index (χ0n) is 34.8. The number of allylic oxidation sites excluding steroid dienone is 6. The number of aromatic nitrogens is 1. The van der Waals surface area contributed by atoms with Crippen molar-refractivity contribution in [2.45, 2.75) is 91.5 Å². The molecule has 8 bridgehead atoms. The first kappa shape index (κ1) is 43.7. The van der Waals surface area contributed by atoms with Crippen LogP contribution in [-0.2, 0) is 36.8 Å². The van der Waals surface area contributed by atoms with E-state index in [0.29, 0.717) is 57.9 Å². The Morgan fingerprint density at radius 2 is 1.23 bits per heavy atom. The molecule has 318 valence electrons. The number of nitrogen functional groups attached to an aromatic ring is 1. The Hall–Kier alpha value is -6.90. The van der Waals surface area contributed by atoms with Gasteiger partial charge in [0.15, 0.2) is 0 Å². The number of benzene rings is 1. The number of nitrogens with zero attached hydrogens (tertiary/aromatic N) is 3. The maximum atomic E-state index is 13.2. The fourth-order valence-corrected chi connectivity index (χ4v) is 7.86. The van der Waals surface area contributed by atoms with Crippen LogP contribution >= 0.6 is 0 Å². The maximum Gasteiger partial charge on any atom is 0.303 e. The summed E-state index contributed by atoms with van der Waals surface area (Å²) in [5.74, 6) is -3.48. The Bertz CT molecular complexity index is 2580. The molecule has 4 aliphatic heterocycles. The smallest absolute Gasteiger partial charge is 0.303 e. The van der Waals surface area contributed by atoms with E-state index in [1.165, 1.54) is 0 Å². The first-order chi connectivity index (χ1) is 29.1. The molecule has 1 atom stereocenters. The number of aromatic amines is 1. The van der Waals surface area contributed by atoms with Crippen LogP contribution in [0, 0.1) is 6.92 Å². The van der Waals surface area contributed by atoms with Crippen molar-refractivity contribution in [1.29, 1.82) is 0 Å². The summed E-state index contributed by atoms with van der Waals surface area (Å²) in [4.78, 5) is 79.6. The van der Waals surface area contributed by atoms with Gasteiger partial charge in [-0.3, -0.25) is 29.0 Å². The number of fused-ring (bicyclic) bond motifs is 5.